The van der Waals surface area contributed by atoms with Crippen LogP contribution in [0.25, 0.3) is 0 Å². The van der Waals surface area contributed by atoms with Crippen molar-refractivity contribution in [2.45, 2.75) is 37.4 Å². The zero-order chi connectivity index (χ0) is 17.9. The number of piperidine rings is 1. The van der Waals surface area contributed by atoms with Crippen molar-refractivity contribution in [3.05, 3.63) is 71.8 Å². The number of benzene rings is 2. The first kappa shape index (κ1) is 17.6. The van der Waals surface area contributed by atoms with Gasteiger partial charge in [0, 0.05) is 25.4 Å². The van der Waals surface area contributed by atoms with Crippen LogP contribution in [0.2, 0.25) is 0 Å². The summed E-state index contributed by atoms with van der Waals surface area (Å²) in [6.45, 7) is 2.28. The number of aliphatic hydroxyl groups is 2. The highest BCUT2D eigenvalue weighted by Crippen LogP contribution is 2.30. The number of nitrogens with zero attached hydrogens (tertiary/aromatic N) is 1. The molecule has 0 unspecified atom stereocenters. The maximum atomic E-state index is 12.8. The molecular formula is C21H25NO3. The highest BCUT2D eigenvalue weighted by molar-refractivity contribution is 5.78. The van der Waals surface area contributed by atoms with Crippen molar-refractivity contribution < 1.29 is 15.0 Å². The van der Waals surface area contributed by atoms with E-state index in [1.54, 1.807) is 11.8 Å². The molecule has 1 amide bonds. The molecule has 1 saturated heterocycles. The van der Waals surface area contributed by atoms with E-state index in [4.69, 9.17) is 0 Å². The summed E-state index contributed by atoms with van der Waals surface area (Å²) >= 11 is 0. The third kappa shape index (κ3) is 4.09. The first-order valence-electron chi connectivity index (χ1n) is 8.75. The third-order valence-corrected chi connectivity index (χ3v) is 5.13. The van der Waals surface area contributed by atoms with Crippen molar-refractivity contribution in [2.24, 2.45) is 0 Å². The normalized spacial score (nSPS) is 23.7. The van der Waals surface area contributed by atoms with Gasteiger partial charge in [0.15, 0.2) is 0 Å². The van der Waals surface area contributed by atoms with Gasteiger partial charge >= 0.3 is 0 Å². The Morgan fingerprint density at radius 2 is 1.64 bits per heavy atom. The summed E-state index contributed by atoms with van der Waals surface area (Å²) in [5.74, 6) is -0.0123. The summed E-state index contributed by atoms with van der Waals surface area (Å²) in [5, 5.41) is 20.2. The molecule has 1 fully saturated rings. The smallest absolute Gasteiger partial charge is 0.223 e. The van der Waals surface area contributed by atoms with Crippen molar-refractivity contribution in [1.82, 2.24) is 4.90 Å². The standard InChI is InChI=1S/C21H25NO3/c1-21(25)12-13-22(15-19(21)23)20(24)14-18(16-8-4-2-5-9-16)17-10-6-3-7-11-17/h2-11,18-19,23,25H,12-15H2,1H3/t19-,21-/m1/s1. The first-order valence-corrected chi connectivity index (χ1v) is 8.75. The van der Waals surface area contributed by atoms with Crippen molar-refractivity contribution in [1.29, 1.82) is 0 Å². The second kappa shape index (κ2) is 7.38. The van der Waals surface area contributed by atoms with Crippen LogP contribution >= 0.6 is 0 Å². The maximum Gasteiger partial charge on any atom is 0.223 e. The maximum absolute atomic E-state index is 12.8. The summed E-state index contributed by atoms with van der Waals surface area (Å²) in [6, 6.07) is 20.0. The number of hydrogen-bond acceptors (Lipinski definition) is 3. The predicted octanol–water partition coefficient (Wildman–Crippen LogP) is 2.55. The van der Waals surface area contributed by atoms with Crippen LogP contribution < -0.4 is 0 Å². The lowest BCUT2D eigenvalue weighted by molar-refractivity contribution is -0.146. The van der Waals surface area contributed by atoms with Crippen LogP contribution in [0.4, 0.5) is 0 Å². The second-order valence-electron chi connectivity index (χ2n) is 7.04. The molecule has 2 aromatic carbocycles. The van der Waals surface area contributed by atoms with Crippen LogP contribution in [-0.4, -0.2) is 45.8 Å². The zero-order valence-corrected chi connectivity index (χ0v) is 14.5. The van der Waals surface area contributed by atoms with Gasteiger partial charge in [-0.1, -0.05) is 60.7 Å². The lowest BCUT2D eigenvalue weighted by Gasteiger charge is -2.40. The Kier molecular flexibility index (Phi) is 5.21. The highest BCUT2D eigenvalue weighted by atomic mass is 16.3. The average molecular weight is 339 g/mol. The Balaban J connectivity index is 1.78. The van der Waals surface area contributed by atoms with E-state index < -0.39 is 11.7 Å². The Bertz CT molecular complexity index is 660. The molecule has 0 aliphatic carbocycles. The van der Waals surface area contributed by atoms with Crippen molar-refractivity contribution in [2.75, 3.05) is 13.1 Å². The minimum Gasteiger partial charge on any atom is -0.388 e. The molecule has 0 bridgehead atoms. The van der Waals surface area contributed by atoms with Gasteiger partial charge in [0.25, 0.3) is 0 Å². The Morgan fingerprint density at radius 3 is 2.12 bits per heavy atom. The summed E-state index contributed by atoms with van der Waals surface area (Å²) in [4.78, 5) is 14.5. The highest BCUT2D eigenvalue weighted by Gasteiger charge is 2.38. The summed E-state index contributed by atoms with van der Waals surface area (Å²) < 4.78 is 0. The minimum absolute atomic E-state index is 0.00672. The quantitative estimate of drug-likeness (QED) is 0.900. The number of likely N-dealkylation sites (tertiary alicyclic amines) is 1. The monoisotopic (exact) mass is 339 g/mol. The summed E-state index contributed by atoms with van der Waals surface area (Å²) in [6.07, 6.45) is -0.165. The largest absolute Gasteiger partial charge is 0.388 e. The van der Waals surface area contributed by atoms with Crippen LogP contribution in [0.15, 0.2) is 60.7 Å². The molecule has 2 aromatic rings. The molecule has 3 rings (SSSR count). The van der Waals surface area contributed by atoms with Gasteiger partial charge < -0.3 is 15.1 Å². The molecule has 4 nitrogen and oxygen atoms in total. The van der Waals surface area contributed by atoms with E-state index in [-0.39, 0.29) is 18.4 Å². The van der Waals surface area contributed by atoms with Gasteiger partial charge in [-0.3, -0.25) is 4.79 Å². The molecule has 0 saturated carbocycles. The number of aliphatic hydroxyl groups excluding tert-OH is 1. The van der Waals surface area contributed by atoms with Crippen LogP contribution in [0.5, 0.6) is 0 Å². The number of hydrogen-bond donors (Lipinski definition) is 2. The number of amides is 1. The topological polar surface area (TPSA) is 60.8 Å². The molecule has 2 atom stereocenters. The van der Waals surface area contributed by atoms with Crippen molar-refractivity contribution >= 4 is 5.91 Å². The van der Waals surface area contributed by atoms with E-state index in [1.165, 1.54) is 0 Å². The van der Waals surface area contributed by atoms with E-state index >= 15 is 0 Å². The fraction of sp³-hybridized carbons (Fsp3) is 0.381. The van der Waals surface area contributed by atoms with E-state index in [2.05, 4.69) is 0 Å². The van der Waals surface area contributed by atoms with E-state index in [9.17, 15) is 15.0 Å². The third-order valence-electron chi connectivity index (χ3n) is 5.13. The molecule has 1 heterocycles. The number of β-amino-alcohol motifs (C(OH)–C–C–N with tert-alkyl or cyclic N) is 1. The average Bonchev–Trinajstić information content (AvgIpc) is 2.63. The van der Waals surface area contributed by atoms with Gasteiger partial charge in [-0.15, -0.1) is 0 Å². The van der Waals surface area contributed by atoms with Gasteiger partial charge in [0.05, 0.1) is 11.7 Å². The molecular weight excluding hydrogens is 314 g/mol. The fourth-order valence-corrected chi connectivity index (χ4v) is 3.35. The van der Waals surface area contributed by atoms with E-state index in [1.807, 2.05) is 60.7 Å². The van der Waals surface area contributed by atoms with Crippen molar-refractivity contribution in [3.8, 4) is 0 Å². The number of rotatable bonds is 4. The molecule has 4 heteroatoms. The van der Waals surface area contributed by atoms with Gasteiger partial charge in [-0.05, 0) is 24.5 Å². The molecule has 0 aromatic heterocycles. The van der Waals surface area contributed by atoms with Gasteiger partial charge in [-0.2, -0.15) is 0 Å². The SMILES string of the molecule is C[C@@]1(O)CCN(C(=O)CC(c2ccccc2)c2ccccc2)C[C@H]1O. The molecule has 25 heavy (non-hydrogen) atoms. The Hall–Kier alpha value is -2.17. The van der Waals surface area contributed by atoms with E-state index in [0.717, 1.165) is 11.1 Å². The van der Waals surface area contributed by atoms with E-state index in [0.29, 0.717) is 19.4 Å². The second-order valence-corrected chi connectivity index (χ2v) is 7.04. The number of carbonyl (C=O) groups is 1. The Labute approximate surface area is 148 Å². The number of carbonyl (C=O) groups excluding carboxylic acids is 1. The van der Waals surface area contributed by atoms with Gasteiger partial charge in [-0.25, -0.2) is 0 Å². The lowest BCUT2D eigenvalue weighted by Crippen LogP contribution is -2.55. The van der Waals surface area contributed by atoms with Gasteiger partial charge in [0.2, 0.25) is 5.91 Å². The zero-order valence-electron chi connectivity index (χ0n) is 14.5. The lowest BCUT2D eigenvalue weighted by atomic mass is 9.87. The van der Waals surface area contributed by atoms with Gasteiger partial charge in [0.1, 0.15) is 0 Å². The summed E-state index contributed by atoms with van der Waals surface area (Å²) in [7, 11) is 0. The molecule has 1 aliphatic heterocycles. The Morgan fingerprint density at radius 1 is 1.12 bits per heavy atom. The first-order chi connectivity index (χ1) is 12.0. The van der Waals surface area contributed by atoms with Crippen LogP contribution in [0.3, 0.4) is 0 Å². The summed E-state index contributed by atoms with van der Waals surface area (Å²) in [5.41, 5.74) is 1.09. The molecule has 1 aliphatic rings. The molecule has 0 radical (unpaired) electrons. The van der Waals surface area contributed by atoms with Crippen molar-refractivity contribution in [3.63, 3.8) is 0 Å². The fourth-order valence-electron chi connectivity index (χ4n) is 3.35. The predicted molar refractivity (Wildman–Crippen MR) is 97.2 cm³/mol. The molecule has 0 spiro atoms. The molecule has 132 valence electrons. The van der Waals surface area contributed by atoms with Crippen LogP contribution in [0.1, 0.15) is 36.8 Å². The minimum atomic E-state index is -1.12. The van der Waals surface area contributed by atoms with Crippen LogP contribution in [-0.2, 0) is 4.79 Å². The molecule has 2 N–H and O–H groups in total. The van der Waals surface area contributed by atoms with Crippen LogP contribution in [0, 0.1) is 0 Å².